The fraction of sp³-hybridized carbons (Fsp3) is 0.625. The maximum absolute atomic E-state index is 14.6. The fourth-order valence-electron chi connectivity index (χ4n) is 8.60. The molecule has 75 heavy (non-hydrogen) atoms. The third-order valence-electron chi connectivity index (χ3n) is 12.5. The maximum Gasteiger partial charge on any atom is 0.326 e. The molecule has 27 heteroatoms. The molecule has 0 spiro atoms. The Hall–Kier alpha value is -7.58. The highest BCUT2D eigenvalue weighted by molar-refractivity contribution is 5.98. The highest BCUT2D eigenvalue weighted by Crippen LogP contribution is 2.26. The van der Waals surface area contributed by atoms with E-state index in [2.05, 4.69) is 41.9 Å². The van der Waals surface area contributed by atoms with Gasteiger partial charge >= 0.3 is 11.9 Å². The van der Waals surface area contributed by atoms with Crippen molar-refractivity contribution < 1.29 is 58.2 Å². The molecule has 0 radical (unpaired) electrons. The average Bonchev–Trinajstić information content (AvgIpc) is 4.05. The van der Waals surface area contributed by atoms with Crippen LogP contribution in [0.25, 0.3) is 0 Å². The smallest absolute Gasteiger partial charge is 0.326 e. The van der Waals surface area contributed by atoms with Gasteiger partial charge in [0.05, 0.1) is 6.04 Å². The molecule has 2 heterocycles. The monoisotopic (exact) mass is 1060 g/mol. The van der Waals surface area contributed by atoms with E-state index >= 15 is 0 Å². The molecule has 416 valence electrons. The molecular weight excluding hydrogens is 979 g/mol. The van der Waals surface area contributed by atoms with Crippen molar-refractivity contribution >= 4 is 71.1 Å². The Morgan fingerprint density at radius 1 is 0.613 bits per heavy atom. The largest absolute Gasteiger partial charge is 0.481 e. The van der Waals surface area contributed by atoms with Gasteiger partial charge in [-0.1, -0.05) is 44.2 Å². The van der Waals surface area contributed by atoms with Crippen molar-refractivity contribution in [3.8, 4) is 0 Å². The first-order chi connectivity index (χ1) is 35.4. The summed E-state index contributed by atoms with van der Waals surface area (Å²) in [6, 6.07) is -1.69. The number of nitrogens with one attached hydrogen (secondary N) is 6. The first-order valence-corrected chi connectivity index (χ1v) is 25.2. The number of aliphatic imine (C=N–C) groups is 2. The number of carbonyl (C=O) groups is 10. The number of guanidine groups is 2. The van der Waals surface area contributed by atoms with E-state index in [-0.39, 0.29) is 95.4 Å². The Bertz CT molecular complexity index is 2220. The number of rotatable bonds is 30. The number of hydrogen-bond acceptors (Lipinski definition) is 13. The van der Waals surface area contributed by atoms with Gasteiger partial charge in [0.25, 0.3) is 0 Å². The molecule has 0 aromatic heterocycles. The van der Waals surface area contributed by atoms with Gasteiger partial charge in [0.15, 0.2) is 11.9 Å². The van der Waals surface area contributed by atoms with Crippen molar-refractivity contribution in [1.29, 1.82) is 0 Å². The second kappa shape index (κ2) is 30.6. The summed E-state index contributed by atoms with van der Waals surface area (Å²) in [6.07, 6.45) is 1.07. The number of carboxylic acids is 2. The SMILES string of the molecule is CC(C)C[C@H](NC(=O)[C@@H]1CCCN1C(=O)[C@@H]1CCCN1C(=O)[C@H](CCCN=C(N)N)NC(=O)[C@H](CCCN=C(N)N)NC(=O)[C@H](C)NC(=O)[C@@H](N)Cc1ccccc1)C(=O)N[C@@H](C)C(=O)N[C@@H](CCC(=O)O)C(=O)O. The van der Waals surface area contributed by atoms with Gasteiger partial charge in [-0.3, -0.25) is 53.1 Å². The van der Waals surface area contributed by atoms with Crippen LogP contribution >= 0.6 is 0 Å². The van der Waals surface area contributed by atoms with Gasteiger partial charge in [0.1, 0.15) is 48.3 Å². The van der Waals surface area contributed by atoms with E-state index in [4.69, 9.17) is 33.8 Å². The Kier molecular flexibility index (Phi) is 25.2. The van der Waals surface area contributed by atoms with Gasteiger partial charge in [-0.2, -0.15) is 0 Å². The summed E-state index contributed by atoms with van der Waals surface area (Å²) in [4.78, 5) is 144. The van der Waals surface area contributed by atoms with Crippen molar-refractivity contribution in [2.45, 2.75) is 159 Å². The third-order valence-corrected chi connectivity index (χ3v) is 12.5. The minimum Gasteiger partial charge on any atom is -0.481 e. The van der Waals surface area contributed by atoms with Crippen LogP contribution in [0.2, 0.25) is 0 Å². The number of amides is 8. The van der Waals surface area contributed by atoms with Crippen LogP contribution in [-0.2, 0) is 54.4 Å². The summed E-state index contributed by atoms with van der Waals surface area (Å²) >= 11 is 0. The molecule has 8 amide bonds. The van der Waals surface area contributed by atoms with Crippen molar-refractivity contribution in [2.75, 3.05) is 26.2 Å². The predicted octanol–water partition coefficient (Wildman–Crippen LogP) is -3.41. The molecule has 9 atom stereocenters. The summed E-state index contributed by atoms with van der Waals surface area (Å²) < 4.78 is 0. The van der Waals surface area contributed by atoms with Crippen LogP contribution < -0.4 is 60.6 Å². The lowest BCUT2D eigenvalue weighted by molar-refractivity contribution is -0.148. The molecule has 0 aliphatic carbocycles. The number of nitrogens with two attached hydrogens (primary N) is 5. The Labute approximate surface area is 435 Å². The van der Waals surface area contributed by atoms with Crippen LogP contribution in [0.3, 0.4) is 0 Å². The van der Waals surface area contributed by atoms with E-state index in [1.807, 2.05) is 18.2 Å². The normalized spacial score (nSPS) is 17.9. The molecule has 18 N–H and O–H groups in total. The topological polar surface area (TPSA) is 445 Å². The number of benzene rings is 1. The fourth-order valence-corrected chi connectivity index (χ4v) is 8.60. The Balaban J connectivity index is 1.80. The molecule has 0 bridgehead atoms. The van der Waals surface area contributed by atoms with E-state index in [1.54, 1.807) is 26.0 Å². The molecular formula is C48H77N15O12. The maximum atomic E-state index is 14.6. The molecule has 2 aliphatic rings. The molecule has 1 aromatic rings. The van der Waals surface area contributed by atoms with E-state index in [1.165, 1.54) is 23.6 Å². The molecule has 0 unspecified atom stereocenters. The lowest BCUT2D eigenvalue weighted by Crippen LogP contribution is -2.59. The second-order valence-electron chi connectivity index (χ2n) is 19.2. The summed E-state index contributed by atoms with van der Waals surface area (Å²) in [5.74, 6) is -8.80. The van der Waals surface area contributed by atoms with Crippen LogP contribution in [0.15, 0.2) is 40.3 Å². The third kappa shape index (κ3) is 20.7. The molecule has 3 rings (SSSR count). The van der Waals surface area contributed by atoms with Crippen molar-refractivity contribution in [3.05, 3.63) is 35.9 Å². The molecule has 2 saturated heterocycles. The minimum absolute atomic E-state index is 0.00160. The van der Waals surface area contributed by atoms with Crippen LogP contribution in [0.1, 0.15) is 104 Å². The van der Waals surface area contributed by atoms with E-state index in [0.29, 0.717) is 12.8 Å². The molecule has 0 saturated carbocycles. The summed E-state index contributed by atoms with van der Waals surface area (Å²) in [5.41, 5.74) is 29.0. The van der Waals surface area contributed by atoms with E-state index in [0.717, 1.165) is 5.56 Å². The average molecular weight is 1060 g/mol. The first kappa shape index (κ1) is 61.7. The molecule has 2 aliphatic heterocycles. The number of hydrogen-bond donors (Lipinski definition) is 13. The van der Waals surface area contributed by atoms with Crippen molar-refractivity contribution in [2.24, 2.45) is 44.6 Å². The molecule has 2 fully saturated rings. The number of aliphatic carboxylic acids is 2. The lowest BCUT2D eigenvalue weighted by Gasteiger charge is -2.34. The summed E-state index contributed by atoms with van der Waals surface area (Å²) in [5, 5.41) is 33.9. The van der Waals surface area contributed by atoms with Gasteiger partial charge in [-0.25, -0.2) is 4.79 Å². The van der Waals surface area contributed by atoms with Crippen molar-refractivity contribution in [1.82, 2.24) is 41.7 Å². The summed E-state index contributed by atoms with van der Waals surface area (Å²) in [6.45, 7) is 6.77. The molecule has 27 nitrogen and oxygen atoms in total. The first-order valence-electron chi connectivity index (χ1n) is 25.2. The van der Waals surface area contributed by atoms with Gasteiger partial charge in [-0.15, -0.1) is 0 Å². The van der Waals surface area contributed by atoms with Crippen LogP contribution in [0.4, 0.5) is 0 Å². The standard InChI is InChI=1S/C48H77N15O12/c1-26(2)24-34(42(70)57-28(4)39(67)60-33(46(74)75)18-19-37(64)65)61-43(71)35-16-10-22-62(35)45(73)36-17-11-23-63(36)44(72)32(15-9-21-55-48(52)53)59-41(69)31(14-8-20-54-47(50)51)58-38(66)27(3)56-40(68)30(49)25-29-12-6-5-7-13-29/h5-7,12-13,26-28,30-36H,8-11,14-25,49H2,1-4H3,(H,56,68)(H,57,70)(H,58,66)(H,59,69)(H,60,67)(H,61,71)(H,64,65)(H,74,75)(H4,50,51,54)(H4,52,53,55)/t27-,28-,30-,31-,32-,33-,34-,35-,36-/m0/s1. The van der Waals surface area contributed by atoms with Crippen LogP contribution in [0.5, 0.6) is 0 Å². The van der Waals surface area contributed by atoms with Gasteiger partial charge in [-0.05, 0) is 96.0 Å². The number of nitrogens with zero attached hydrogens (tertiary/aromatic N) is 4. The van der Waals surface area contributed by atoms with E-state index < -0.39 is 126 Å². The molecule has 1 aromatic carbocycles. The highest BCUT2D eigenvalue weighted by Gasteiger charge is 2.44. The van der Waals surface area contributed by atoms with Gasteiger partial charge < -0.3 is 80.6 Å². The Morgan fingerprint density at radius 2 is 1.12 bits per heavy atom. The van der Waals surface area contributed by atoms with Gasteiger partial charge in [0, 0.05) is 32.6 Å². The van der Waals surface area contributed by atoms with Gasteiger partial charge in [0.2, 0.25) is 47.3 Å². The van der Waals surface area contributed by atoms with Crippen LogP contribution in [0, 0.1) is 5.92 Å². The lowest BCUT2D eigenvalue weighted by atomic mass is 10.0. The van der Waals surface area contributed by atoms with Crippen LogP contribution in [-0.4, -0.2) is 172 Å². The Morgan fingerprint density at radius 3 is 1.67 bits per heavy atom. The zero-order valence-corrected chi connectivity index (χ0v) is 43.1. The van der Waals surface area contributed by atoms with E-state index in [9.17, 15) is 53.1 Å². The number of likely N-dealkylation sites (tertiary alicyclic amines) is 2. The minimum atomic E-state index is -1.53. The highest BCUT2D eigenvalue weighted by atomic mass is 16.4. The summed E-state index contributed by atoms with van der Waals surface area (Å²) in [7, 11) is 0. The zero-order valence-electron chi connectivity index (χ0n) is 43.1. The zero-order chi connectivity index (χ0) is 55.9. The quantitative estimate of drug-likeness (QED) is 0.0203. The number of carboxylic acid groups (broad SMARTS) is 2. The predicted molar refractivity (Wildman–Crippen MR) is 274 cm³/mol. The van der Waals surface area contributed by atoms with Crippen molar-refractivity contribution in [3.63, 3.8) is 0 Å². The second-order valence-corrected chi connectivity index (χ2v) is 19.2. The number of carbonyl (C=O) groups excluding carboxylic acids is 8.